The van der Waals surface area contributed by atoms with E-state index in [-0.39, 0.29) is 0 Å². The molecule has 2 N–H and O–H groups in total. The number of nitrogens with zero attached hydrogens (tertiary/aromatic N) is 3. The highest BCUT2D eigenvalue weighted by atomic mass is 15.3. The second kappa shape index (κ2) is 4.90. The summed E-state index contributed by atoms with van der Waals surface area (Å²) in [6, 6.07) is 4.34. The number of aryl methyl sites for hydroxylation is 4. The second-order valence-corrected chi connectivity index (χ2v) is 4.77. The van der Waals surface area contributed by atoms with Crippen LogP contribution in [0, 0.1) is 20.8 Å². The van der Waals surface area contributed by atoms with Gasteiger partial charge in [0.2, 0.25) is 0 Å². The summed E-state index contributed by atoms with van der Waals surface area (Å²) in [5, 5.41) is 4.48. The molecule has 1 aromatic heterocycles. The highest BCUT2D eigenvalue weighted by Gasteiger charge is 2.11. The summed E-state index contributed by atoms with van der Waals surface area (Å²) in [5.41, 5.74) is 10.5. The largest absolute Gasteiger partial charge is 0.330 e. The standard InChI is InChI=1S/C14H20N4/c1-9-7-11(3)12(8-10(9)2)14-16-13(5-6-15)18(4)17-14/h7-8H,5-6,15H2,1-4H3. The molecule has 0 unspecified atom stereocenters. The van der Waals surface area contributed by atoms with Gasteiger partial charge in [0.1, 0.15) is 5.82 Å². The lowest BCUT2D eigenvalue weighted by Crippen LogP contribution is -2.08. The number of rotatable bonds is 3. The van der Waals surface area contributed by atoms with Crippen molar-refractivity contribution in [2.75, 3.05) is 6.54 Å². The molecule has 4 heteroatoms. The number of hydrogen-bond donors (Lipinski definition) is 1. The average Bonchev–Trinajstić information content (AvgIpc) is 2.66. The Kier molecular flexibility index (Phi) is 3.48. The molecule has 0 saturated heterocycles. The molecule has 0 fully saturated rings. The minimum atomic E-state index is 0.595. The van der Waals surface area contributed by atoms with Gasteiger partial charge in [0.15, 0.2) is 5.82 Å². The van der Waals surface area contributed by atoms with E-state index in [9.17, 15) is 0 Å². The van der Waals surface area contributed by atoms with Gasteiger partial charge in [-0.3, -0.25) is 4.68 Å². The fourth-order valence-corrected chi connectivity index (χ4v) is 2.08. The first kappa shape index (κ1) is 12.8. The van der Waals surface area contributed by atoms with Crippen LogP contribution in [0.4, 0.5) is 0 Å². The SMILES string of the molecule is Cc1cc(C)c(-c2nc(CCN)n(C)n2)cc1C. The number of nitrogens with two attached hydrogens (primary N) is 1. The summed E-state index contributed by atoms with van der Waals surface area (Å²) in [7, 11) is 1.91. The maximum absolute atomic E-state index is 5.57. The molecular weight excluding hydrogens is 224 g/mol. The normalized spacial score (nSPS) is 10.9. The fourth-order valence-electron chi connectivity index (χ4n) is 2.08. The van der Waals surface area contributed by atoms with E-state index < -0.39 is 0 Å². The van der Waals surface area contributed by atoms with Gasteiger partial charge in [0, 0.05) is 19.0 Å². The third-order valence-corrected chi connectivity index (χ3v) is 3.30. The van der Waals surface area contributed by atoms with Gasteiger partial charge in [-0.15, -0.1) is 0 Å². The summed E-state index contributed by atoms with van der Waals surface area (Å²) >= 11 is 0. The van der Waals surface area contributed by atoms with Gasteiger partial charge >= 0.3 is 0 Å². The van der Waals surface area contributed by atoms with Crippen LogP contribution in [0.15, 0.2) is 12.1 Å². The molecule has 0 bridgehead atoms. The van der Waals surface area contributed by atoms with Gasteiger partial charge in [-0.05, 0) is 50.1 Å². The van der Waals surface area contributed by atoms with E-state index in [1.54, 1.807) is 0 Å². The predicted molar refractivity (Wildman–Crippen MR) is 73.4 cm³/mol. The minimum absolute atomic E-state index is 0.595. The molecular formula is C14H20N4. The highest BCUT2D eigenvalue weighted by Crippen LogP contribution is 2.23. The lowest BCUT2D eigenvalue weighted by molar-refractivity contribution is 0.697. The second-order valence-electron chi connectivity index (χ2n) is 4.77. The molecule has 18 heavy (non-hydrogen) atoms. The molecule has 0 amide bonds. The highest BCUT2D eigenvalue weighted by molar-refractivity contribution is 5.62. The first-order valence-corrected chi connectivity index (χ1v) is 6.21. The Morgan fingerprint density at radius 3 is 2.44 bits per heavy atom. The Balaban J connectivity index is 2.48. The van der Waals surface area contributed by atoms with Crippen LogP contribution in [0.2, 0.25) is 0 Å². The van der Waals surface area contributed by atoms with E-state index in [1.165, 1.54) is 16.7 Å². The number of hydrogen-bond acceptors (Lipinski definition) is 3. The molecule has 0 aliphatic heterocycles. The van der Waals surface area contributed by atoms with E-state index in [0.717, 1.165) is 23.6 Å². The van der Waals surface area contributed by atoms with Gasteiger partial charge in [-0.1, -0.05) is 6.07 Å². The Hall–Kier alpha value is -1.68. The molecule has 0 saturated carbocycles. The third kappa shape index (κ3) is 2.29. The summed E-state index contributed by atoms with van der Waals surface area (Å²) in [5.74, 6) is 1.73. The van der Waals surface area contributed by atoms with Crippen LogP contribution in [0.3, 0.4) is 0 Å². The van der Waals surface area contributed by atoms with Gasteiger partial charge < -0.3 is 5.73 Å². The smallest absolute Gasteiger partial charge is 0.181 e. The minimum Gasteiger partial charge on any atom is -0.330 e. The molecule has 0 spiro atoms. The monoisotopic (exact) mass is 244 g/mol. The van der Waals surface area contributed by atoms with Crippen molar-refractivity contribution in [3.63, 3.8) is 0 Å². The first-order chi connectivity index (χ1) is 8.52. The third-order valence-electron chi connectivity index (χ3n) is 3.30. The average molecular weight is 244 g/mol. The molecule has 0 aliphatic carbocycles. The summed E-state index contributed by atoms with van der Waals surface area (Å²) in [4.78, 5) is 4.57. The molecule has 0 atom stereocenters. The summed E-state index contributed by atoms with van der Waals surface area (Å²) in [6.07, 6.45) is 0.757. The molecule has 0 aliphatic rings. The topological polar surface area (TPSA) is 56.7 Å². The zero-order valence-corrected chi connectivity index (χ0v) is 11.5. The quantitative estimate of drug-likeness (QED) is 0.897. The van der Waals surface area contributed by atoms with Gasteiger partial charge in [0.25, 0.3) is 0 Å². The maximum atomic E-state index is 5.57. The molecule has 2 rings (SSSR count). The van der Waals surface area contributed by atoms with Crippen LogP contribution in [-0.2, 0) is 13.5 Å². The van der Waals surface area contributed by atoms with Crippen molar-refractivity contribution in [1.82, 2.24) is 14.8 Å². The lowest BCUT2D eigenvalue weighted by atomic mass is 10.0. The zero-order valence-electron chi connectivity index (χ0n) is 11.5. The Bertz CT molecular complexity index is 569. The van der Waals surface area contributed by atoms with Gasteiger partial charge in [0.05, 0.1) is 0 Å². The van der Waals surface area contributed by atoms with Crippen molar-refractivity contribution in [1.29, 1.82) is 0 Å². The predicted octanol–water partition coefficient (Wildman–Crippen LogP) is 1.91. The van der Waals surface area contributed by atoms with Crippen molar-refractivity contribution in [2.45, 2.75) is 27.2 Å². The molecule has 4 nitrogen and oxygen atoms in total. The maximum Gasteiger partial charge on any atom is 0.181 e. The molecule has 1 heterocycles. The lowest BCUT2D eigenvalue weighted by Gasteiger charge is -2.06. The van der Waals surface area contributed by atoms with Crippen molar-refractivity contribution in [3.05, 3.63) is 34.6 Å². The molecule has 0 radical (unpaired) electrons. The molecule has 2 aromatic rings. The van der Waals surface area contributed by atoms with Crippen molar-refractivity contribution in [3.8, 4) is 11.4 Å². The van der Waals surface area contributed by atoms with Crippen LogP contribution in [0.1, 0.15) is 22.5 Å². The van der Waals surface area contributed by atoms with Crippen molar-refractivity contribution in [2.24, 2.45) is 12.8 Å². The summed E-state index contributed by atoms with van der Waals surface area (Å²) < 4.78 is 1.82. The van der Waals surface area contributed by atoms with Crippen LogP contribution in [-0.4, -0.2) is 21.3 Å². The molecule has 96 valence electrons. The van der Waals surface area contributed by atoms with Gasteiger partial charge in [-0.25, -0.2) is 4.98 Å². The van der Waals surface area contributed by atoms with Crippen LogP contribution in [0.5, 0.6) is 0 Å². The van der Waals surface area contributed by atoms with Crippen molar-refractivity contribution >= 4 is 0 Å². The van der Waals surface area contributed by atoms with E-state index >= 15 is 0 Å². The first-order valence-electron chi connectivity index (χ1n) is 6.21. The van der Waals surface area contributed by atoms with Gasteiger partial charge in [-0.2, -0.15) is 5.10 Å². The number of benzene rings is 1. The fraction of sp³-hybridized carbons (Fsp3) is 0.429. The Morgan fingerprint density at radius 1 is 1.11 bits per heavy atom. The van der Waals surface area contributed by atoms with Crippen molar-refractivity contribution < 1.29 is 0 Å². The van der Waals surface area contributed by atoms with Crippen LogP contribution < -0.4 is 5.73 Å². The van der Waals surface area contributed by atoms with E-state index in [1.807, 2.05) is 11.7 Å². The van der Waals surface area contributed by atoms with Crippen LogP contribution >= 0.6 is 0 Å². The summed E-state index contributed by atoms with van der Waals surface area (Å²) in [6.45, 7) is 6.93. The van der Waals surface area contributed by atoms with E-state index in [4.69, 9.17) is 5.73 Å². The molecule has 1 aromatic carbocycles. The van der Waals surface area contributed by atoms with E-state index in [2.05, 4.69) is 43.0 Å². The number of aromatic nitrogens is 3. The van der Waals surface area contributed by atoms with Crippen LogP contribution in [0.25, 0.3) is 11.4 Å². The Labute approximate surface area is 108 Å². The van der Waals surface area contributed by atoms with E-state index in [0.29, 0.717) is 6.54 Å². The Morgan fingerprint density at radius 2 is 1.78 bits per heavy atom. The zero-order chi connectivity index (χ0) is 13.3.